The lowest BCUT2D eigenvalue weighted by Gasteiger charge is -2.12. The molecule has 6 nitrogen and oxygen atoms in total. The molecule has 0 amide bonds. The van der Waals surface area contributed by atoms with E-state index in [0.29, 0.717) is 5.39 Å². The number of rotatable bonds is 5. The highest BCUT2D eigenvalue weighted by Gasteiger charge is 2.23. The van der Waals surface area contributed by atoms with Gasteiger partial charge in [0.15, 0.2) is 6.10 Å². The second-order valence-electron chi connectivity index (χ2n) is 4.00. The van der Waals surface area contributed by atoms with Crippen molar-refractivity contribution in [2.45, 2.75) is 6.10 Å². The van der Waals surface area contributed by atoms with Crippen molar-refractivity contribution in [2.24, 2.45) is 0 Å². The van der Waals surface area contributed by atoms with Crippen molar-refractivity contribution in [3.05, 3.63) is 41.8 Å². The summed E-state index contributed by atoms with van der Waals surface area (Å²) in [6.07, 6.45) is -1.52. The van der Waals surface area contributed by atoms with Gasteiger partial charge in [0.25, 0.3) is 0 Å². The number of halogens is 1. The maximum absolute atomic E-state index is 13.1. The molecule has 0 fully saturated rings. The first-order chi connectivity index (χ1) is 9.47. The molecular formula is C13H10FNO5. The standard InChI is InChI=1S/C13H10FNO5/c14-8-3-1-7-2-4-9(15-10(7)5-8)12(13(18)19)20-6-11(16)17/h1-5,12H,6H2,(H,16,17)(H,18,19). The molecule has 0 aliphatic carbocycles. The lowest BCUT2D eigenvalue weighted by Crippen LogP contribution is -2.20. The smallest absolute Gasteiger partial charge is 0.339 e. The number of carboxylic acid groups (broad SMARTS) is 2. The highest BCUT2D eigenvalue weighted by molar-refractivity contribution is 5.80. The van der Waals surface area contributed by atoms with Crippen LogP contribution in [0.5, 0.6) is 0 Å². The number of carboxylic acids is 2. The van der Waals surface area contributed by atoms with Crippen LogP contribution in [0.15, 0.2) is 30.3 Å². The van der Waals surface area contributed by atoms with Gasteiger partial charge in [0.05, 0.1) is 11.2 Å². The van der Waals surface area contributed by atoms with E-state index in [4.69, 9.17) is 14.9 Å². The zero-order valence-electron chi connectivity index (χ0n) is 10.1. The molecule has 2 N–H and O–H groups in total. The number of aliphatic carboxylic acids is 2. The molecule has 0 radical (unpaired) electrons. The molecule has 1 unspecified atom stereocenters. The lowest BCUT2D eigenvalue weighted by atomic mass is 10.1. The Labute approximate surface area is 112 Å². The van der Waals surface area contributed by atoms with Gasteiger partial charge in [-0.2, -0.15) is 0 Å². The van der Waals surface area contributed by atoms with Crippen molar-refractivity contribution in [3.63, 3.8) is 0 Å². The summed E-state index contributed by atoms with van der Waals surface area (Å²) in [5.41, 5.74) is 0.282. The number of benzene rings is 1. The topological polar surface area (TPSA) is 96.7 Å². The Bertz CT molecular complexity index is 673. The summed E-state index contributed by atoms with van der Waals surface area (Å²) >= 11 is 0. The van der Waals surface area contributed by atoms with Crippen molar-refractivity contribution >= 4 is 22.8 Å². The van der Waals surface area contributed by atoms with E-state index >= 15 is 0 Å². The molecule has 1 heterocycles. The molecule has 0 saturated heterocycles. The first kappa shape index (κ1) is 13.9. The Morgan fingerprint density at radius 1 is 1.25 bits per heavy atom. The van der Waals surface area contributed by atoms with Gasteiger partial charge in [0.2, 0.25) is 0 Å². The fourth-order valence-electron chi connectivity index (χ4n) is 1.69. The van der Waals surface area contributed by atoms with E-state index in [0.717, 1.165) is 6.07 Å². The number of hydrogen-bond acceptors (Lipinski definition) is 4. The van der Waals surface area contributed by atoms with Crippen molar-refractivity contribution < 1.29 is 28.9 Å². The van der Waals surface area contributed by atoms with Crippen LogP contribution >= 0.6 is 0 Å². The Morgan fingerprint density at radius 2 is 1.95 bits per heavy atom. The summed E-state index contributed by atoms with van der Waals surface area (Å²) in [6.45, 7) is -0.764. The third-order valence-corrected chi connectivity index (χ3v) is 2.54. The maximum Gasteiger partial charge on any atom is 0.339 e. The minimum Gasteiger partial charge on any atom is -0.480 e. The predicted molar refractivity (Wildman–Crippen MR) is 65.7 cm³/mol. The first-order valence-corrected chi connectivity index (χ1v) is 5.60. The van der Waals surface area contributed by atoms with Gasteiger partial charge >= 0.3 is 11.9 Å². The van der Waals surface area contributed by atoms with E-state index in [2.05, 4.69) is 4.98 Å². The number of fused-ring (bicyclic) bond motifs is 1. The zero-order valence-corrected chi connectivity index (χ0v) is 10.1. The van der Waals surface area contributed by atoms with E-state index in [-0.39, 0.29) is 11.2 Å². The molecule has 2 aromatic rings. The molecule has 1 atom stereocenters. The molecule has 7 heteroatoms. The average Bonchev–Trinajstić information content (AvgIpc) is 2.37. The quantitative estimate of drug-likeness (QED) is 0.862. The number of hydrogen-bond donors (Lipinski definition) is 2. The highest BCUT2D eigenvalue weighted by atomic mass is 19.1. The van der Waals surface area contributed by atoms with Crippen LogP contribution in [-0.2, 0) is 14.3 Å². The predicted octanol–water partition coefficient (Wildman–Crippen LogP) is 1.60. The van der Waals surface area contributed by atoms with Crippen LogP contribution < -0.4 is 0 Å². The molecule has 20 heavy (non-hydrogen) atoms. The molecule has 104 valence electrons. The zero-order chi connectivity index (χ0) is 14.7. The largest absolute Gasteiger partial charge is 0.480 e. The summed E-state index contributed by atoms with van der Waals surface area (Å²) in [5.74, 6) is -3.15. The number of ether oxygens (including phenoxy) is 1. The van der Waals surface area contributed by atoms with Crippen LogP contribution in [0.3, 0.4) is 0 Å². The Hall–Kier alpha value is -2.54. The van der Waals surface area contributed by atoms with Gasteiger partial charge in [-0.25, -0.2) is 19.0 Å². The second kappa shape index (κ2) is 5.62. The molecule has 0 bridgehead atoms. The summed E-state index contributed by atoms with van der Waals surface area (Å²) in [4.78, 5) is 25.5. The van der Waals surface area contributed by atoms with Crippen LogP contribution in [0, 0.1) is 5.82 Å². The molecule has 1 aromatic heterocycles. The van der Waals surface area contributed by atoms with Crippen LogP contribution in [-0.4, -0.2) is 33.7 Å². The lowest BCUT2D eigenvalue weighted by molar-refractivity contribution is -0.156. The van der Waals surface area contributed by atoms with Gasteiger partial charge in [-0.15, -0.1) is 0 Å². The number of carbonyl (C=O) groups is 2. The van der Waals surface area contributed by atoms with Crippen LogP contribution in [0.2, 0.25) is 0 Å². The molecule has 0 spiro atoms. The molecule has 0 saturated carbocycles. The molecular weight excluding hydrogens is 269 g/mol. The van der Waals surface area contributed by atoms with E-state index in [1.807, 2.05) is 0 Å². The van der Waals surface area contributed by atoms with E-state index in [1.54, 1.807) is 6.07 Å². The number of nitrogens with zero attached hydrogens (tertiary/aromatic N) is 1. The van der Waals surface area contributed by atoms with Gasteiger partial charge < -0.3 is 14.9 Å². The average molecular weight is 279 g/mol. The van der Waals surface area contributed by atoms with Gasteiger partial charge in [-0.3, -0.25) is 0 Å². The van der Waals surface area contributed by atoms with Gasteiger partial charge in [-0.05, 0) is 18.2 Å². The van der Waals surface area contributed by atoms with Crippen molar-refractivity contribution in [1.82, 2.24) is 4.98 Å². The number of aromatic nitrogens is 1. The maximum atomic E-state index is 13.1. The van der Waals surface area contributed by atoms with Crippen molar-refractivity contribution in [2.75, 3.05) is 6.61 Å². The van der Waals surface area contributed by atoms with Crippen LogP contribution in [0.4, 0.5) is 4.39 Å². The van der Waals surface area contributed by atoms with Gasteiger partial charge in [0, 0.05) is 11.5 Å². The van der Waals surface area contributed by atoms with E-state index in [9.17, 15) is 14.0 Å². The van der Waals surface area contributed by atoms with Crippen molar-refractivity contribution in [1.29, 1.82) is 0 Å². The third kappa shape index (κ3) is 3.07. The minimum atomic E-state index is -1.52. The fourth-order valence-corrected chi connectivity index (χ4v) is 1.69. The summed E-state index contributed by atoms with van der Waals surface area (Å²) in [7, 11) is 0. The first-order valence-electron chi connectivity index (χ1n) is 5.60. The van der Waals surface area contributed by atoms with Crippen LogP contribution in [0.1, 0.15) is 11.8 Å². The van der Waals surface area contributed by atoms with E-state index < -0.39 is 30.5 Å². The number of pyridine rings is 1. The SMILES string of the molecule is O=C(O)COC(C(=O)O)c1ccc2ccc(F)cc2n1. The molecule has 0 aliphatic heterocycles. The van der Waals surface area contributed by atoms with Gasteiger partial charge in [0.1, 0.15) is 12.4 Å². The summed E-state index contributed by atoms with van der Waals surface area (Å²) < 4.78 is 17.9. The minimum absolute atomic E-state index is 0.0110. The Kier molecular flexibility index (Phi) is 3.90. The Morgan fingerprint density at radius 3 is 2.60 bits per heavy atom. The summed E-state index contributed by atoms with van der Waals surface area (Å²) in [6, 6.07) is 6.90. The monoisotopic (exact) mass is 279 g/mol. The molecule has 1 aromatic carbocycles. The van der Waals surface area contributed by atoms with Crippen molar-refractivity contribution in [3.8, 4) is 0 Å². The fraction of sp³-hybridized carbons (Fsp3) is 0.154. The second-order valence-corrected chi connectivity index (χ2v) is 4.00. The third-order valence-electron chi connectivity index (χ3n) is 2.54. The van der Waals surface area contributed by atoms with Crippen LogP contribution in [0.25, 0.3) is 10.9 Å². The van der Waals surface area contributed by atoms with Gasteiger partial charge in [-0.1, -0.05) is 6.07 Å². The molecule has 0 aliphatic rings. The highest BCUT2D eigenvalue weighted by Crippen LogP contribution is 2.20. The Balaban J connectivity index is 2.37. The van der Waals surface area contributed by atoms with E-state index in [1.165, 1.54) is 18.2 Å². The normalized spacial score (nSPS) is 12.2. The summed E-state index contributed by atoms with van der Waals surface area (Å²) in [5, 5.41) is 18.2. The molecule has 2 rings (SSSR count).